The van der Waals surface area contributed by atoms with E-state index in [9.17, 15) is 9.59 Å². The highest BCUT2D eigenvalue weighted by Crippen LogP contribution is 2.52. The SMILES string of the molecule is COc1ccc(OC)c(C2CC2C(=O)N2CC(OC)CC2CC(=O)O)c1. The van der Waals surface area contributed by atoms with Crippen LogP contribution in [-0.4, -0.2) is 61.9 Å². The first-order chi connectivity index (χ1) is 12.5. The molecule has 0 radical (unpaired) electrons. The number of carbonyl (C=O) groups excluding carboxylic acids is 1. The van der Waals surface area contributed by atoms with Crippen LogP contribution >= 0.6 is 0 Å². The van der Waals surface area contributed by atoms with Crippen molar-refractivity contribution < 1.29 is 28.9 Å². The molecule has 0 spiro atoms. The van der Waals surface area contributed by atoms with Gasteiger partial charge in [-0.3, -0.25) is 9.59 Å². The third kappa shape index (κ3) is 3.62. The van der Waals surface area contributed by atoms with Gasteiger partial charge in [-0.05, 0) is 31.0 Å². The maximum Gasteiger partial charge on any atom is 0.305 e. The lowest BCUT2D eigenvalue weighted by atomic mass is 10.1. The van der Waals surface area contributed by atoms with Gasteiger partial charge >= 0.3 is 5.97 Å². The van der Waals surface area contributed by atoms with E-state index in [1.54, 1.807) is 26.2 Å². The molecule has 1 saturated carbocycles. The lowest BCUT2D eigenvalue weighted by Crippen LogP contribution is -2.38. The Morgan fingerprint density at radius 2 is 1.96 bits per heavy atom. The number of benzene rings is 1. The molecule has 1 aromatic carbocycles. The van der Waals surface area contributed by atoms with Gasteiger partial charge in [0, 0.05) is 37.1 Å². The molecular formula is C19H25NO6. The summed E-state index contributed by atoms with van der Waals surface area (Å²) < 4.78 is 16.1. The van der Waals surface area contributed by atoms with Crippen LogP contribution < -0.4 is 9.47 Å². The van der Waals surface area contributed by atoms with Gasteiger partial charge in [0.1, 0.15) is 11.5 Å². The molecule has 0 bridgehead atoms. The Bertz CT molecular complexity index is 691. The average Bonchev–Trinajstić information content (AvgIpc) is 3.34. The molecule has 2 aliphatic rings. The molecule has 1 amide bonds. The molecule has 3 rings (SSSR count). The molecule has 26 heavy (non-hydrogen) atoms. The minimum atomic E-state index is -0.897. The van der Waals surface area contributed by atoms with Crippen molar-refractivity contribution in [2.24, 2.45) is 5.92 Å². The van der Waals surface area contributed by atoms with Gasteiger partial charge in [0.2, 0.25) is 5.91 Å². The largest absolute Gasteiger partial charge is 0.497 e. The fourth-order valence-corrected chi connectivity index (χ4v) is 3.86. The second-order valence-electron chi connectivity index (χ2n) is 6.89. The van der Waals surface area contributed by atoms with Gasteiger partial charge in [-0.25, -0.2) is 0 Å². The number of nitrogens with zero attached hydrogens (tertiary/aromatic N) is 1. The fourth-order valence-electron chi connectivity index (χ4n) is 3.86. The number of carboxylic acids is 1. The molecule has 0 aromatic heterocycles. The maximum absolute atomic E-state index is 13.0. The fraction of sp³-hybridized carbons (Fsp3) is 0.579. The monoisotopic (exact) mass is 363 g/mol. The van der Waals surface area contributed by atoms with Crippen molar-refractivity contribution in [3.05, 3.63) is 23.8 Å². The van der Waals surface area contributed by atoms with Crippen molar-refractivity contribution in [3.63, 3.8) is 0 Å². The molecule has 7 nitrogen and oxygen atoms in total. The van der Waals surface area contributed by atoms with Gasteiger partial charge in [0.05, 0.1) is 26.7 Å². The standard InChI is InChI=1S/C19H25NO6/c1-24-12-4-5-17(26-3)15(8-12)14-9-16(14)19(23)20-10-13(25-2)6-11(20)7-18(21)22/h4-5,8,11,13-14,16H,6-7,9-10H2,1-3H3,(H,21,22). The second-order valence-corrected chi connectivity index (χ2v) is 6.89. The minimum Gasteiger partial charge on any atom is -0.497 e. The molecule has 2 fully saturated rings. The van der Waals surface area contributed by atoms with E-state index >= 15 is 0 Å². The minimum absolute atomic E-state index is 0.00525. The van der Waals surface area contributed by atoms with E-state index in [1.807, 2.05) is 18.2 Å². The molecule has 1 N–H and O–H groups in total. The zero-order valence-corrected chi connectivity index (χ0v) is 15.3. The Morgan fingerprint density at radius 1 is 1.19 bits per heavy atom. The van der Waals surface area contributed by atoms with Crippen molar-refractivity contribution in [2.75, 3.05) is 27.9 Å². The Morgan fingerprint density at radius 3 is 2.58 bits per heavy atom. The first-order valence-electron chi connectivity index (χ1n) is 8.75. The second kappa shape index (κ2) is 7.53. The van der Waals surface area contributed by atoms with Crippen LogP contribution in [0.4, 0.5) is 0 Å². The first-order valence-corrected chi connectivity index (χ1v) is 8.75. The van der Waals surface area contributed by atoms with Gasteiger partial charge in [-0.15, -0.1) is 0 Å². The van der Waals surface area contributed by atoms with Gasteiger partial charge < -0.3 is 24.2 Å². The summed E-state index contributed by atoms with van der Waals surface area (Å²) in [5.74, 6) is 0.493. The van der Waals surface area contributed by atoms with E-state index in [-0.39, 0.29) is 36.3 Å². The first kappa shape index (κ1) is 18.5. The van der Waals surface area contributed by atoms with Crippen molar-refractivity contribution in [3.8, 4) is 11.5 Å². The molecule has 7 heteroatoms. The normalized spacial score (nSPS) is 27.3. The van der Waals surface area contributed by atoms with Crippen LogP contribution in [0.15, 0.2) is 18.2 Å². The molecule has 4 unspecified atom stereocenters. The van der Waals surface area contributed by atoms with Gasteiger partial charge in [-0.1, -0.05) is 0 Å². The predicted molar refractivity (Wildman–Crippen MR) is 93.6 cm³/mol. The average molecular weight is 363 g/mol. The van der Waals surface area contributed by atoms with Crippen molar-refractivity contribution in [2.45, 2.75) is 37.3 Å². The van der Waals surface area contributed by atoms with Crippen LogP contribution in [0.2, 0.25) is 0 Å². The molecule has 142 valence electrons. The number of carboxylic acid groups (broad SMARTS) is 1. The number of likely N-dealkylation sites (tertiary alicyclic amines) is 1. The van der Waals surface area contributed by atoms with Gasteiger partial charge in [0.15, 0.2) is 0 Å². The predicted octanol–water partition coefficient (Wildman–Crippen LogP) is 1.90. The molecule has 4 atom stereocenters. The highest BCUT2D eigenvalue weighted by atomic mass is 16.5. The number of rotatable bonds is 7. The quantitative estimate of drug-likeness (QED) is 0.796. The highest BCUT2D eigenvalue weighted by Gasteiger charge is 2.50. The summed E-state index contributed by atoms with van der Waals surface area (Å²) >= 11 is 0. The summed E-state index contributed by atoms with van der Waals surface area (Å²) in [4.78, 5) is 25.8. The summed E-state index contributed by atoms with van der Waals surface area (Å²) in [5.41, 5.74) is 0.961. The smallest absolute Gasteiger partial charge is 0.305 e. The Balaban J connectivity index is 1.75. The summed E-state index contributed by atoms with van der Waals surface area (Å²) in [6, 6.07) is 5.28. The van der Waals surface area contributed by atoms with E-state index in [1.165, 1.54) is 0 Å². The number of amides is 1. The molecule has 1 heterocycles. The maximum atomic E-state index is 13.0. The van der Waals surface area contributed by atoms with E-state index in [0.717, 1.165) is 23.5 Å². The summed E-state index contributed by atoms with van der Waals surface area (Å²) in [7, 11) is 4.81. The van der Waals surface area contributed by atoms with E-state index in [0.29, 0.717) is 13.0 Å². The molecule has 1 aromatic rings. The summed E-state index contributed by atoms with van der Waals surface area (Å²) in [5, 5.41) is 9.13. The molecule has 1 saturated heterocycles. The Hall–Kier alpha value is -2.28. The Labute approximate surface area is 152 Å². The highest BCUT2D eigenvalue weighted by molar-refractivity contribution is 5.84. The zero-order chi connectivity index (χ0) is 18.8. The summed E-state index contributed by atoms with van der Waals surface area (Å²) in [6.07, 6.45) is 1.14. The van der Waals surface area contributed by atoms with E-state index < -0.39 is 5.97 Å². The number of ether oxygens (including phenoxy) is 3. The number of aliphatic carboxylic acids is 1. The van der Waals surface area contributed by atoms with Crippen LogP contribution in [-0.2, 0) is 14.3 Å². The van der Waals surface area contributed by atoms with Crippen LogP contribution in [0.1, 0.15) is 30.7 Å². The molecular weight excluding hydrogens is 338 g/mol. The Kier molecular flexibility index (Phi) is 5.36. The van der Waals surface area contributed by atoms with E-state index in [4.69, 9.17) is 19.3 Å². The lowest BCUT2D eigenvalue weighted by molar-refractivity contribution is -0.140. The van der Waals surface area contributed by atoms with Crippen LogP contribution in [0.3, 0.4) is 0 Å². The van der Waals surface area contributed by atoms with Crippen LogP contribution in [0.5, 0.6) is 11.5 Å². The number of hydrogen-bond acceptors (Lipinski definition) is 5. The van der Waals surface area contributed by atoms with Crippen LogP contribution in [0, 0.1) is 5.92 Å². The van der Waals surface area contributed by atoms with Crippen molar-refractivity contribution in [1.29, 1.82) is 0 Å². The third-order valence-electron chi connectivity index (χ3n) is 5.35. The number of methoxy groups -OCH3 is 3. The van der Waals surface area contributed by atoms with E-state index in [2.05, 4.69) is 0 Å². The topological polar surface area (TPSA) is 85.3 Å². The number of carbonyl (C=O) groups is 2. The lowest BCUT2D eigenvalue weighted by Gasteiger charge is -2.23. The summed E-state index contributed by atoms with van der Waals surface area (Å²) in [6.45, 7) is 0.450. The zero-order valence-electron chi connectivity index (χ0n) is 15.3. The molecule has 1 aliphatic carbocycles. The van der Waals surface area contributed by atoms with Gasteiger partial charge in [-0.2, -0.15) is 0 Å². The number of hydrogen-bond donors (Lipinski definition) is 1. The molecule has 1 aliphatic heterocycles. The third-order valence-corrected chi connectivity index (χ3v) is 5.35. The van der Waals surface area contributed by atoms with Gasteiger partial charge in [0.25, 0.3) is 0 Å². The van der Waals surface area contributed by atoms with Crippen LogP contribution in [0.25, 0.3) is 0 Å². The van der Waals surface area contributed by atoms with Crippen molar-refractivity contribution >= 4 is 11.9 Å². The van der Waals surface area contributed by atoms with Crippen molar-refractivity contribution in [1.82, 2.24) is 4.90 Å².